The van der Waals surface area contributed by atoms with Gasteiger partial charge in [-0.25, -0.2) is 0 Å². The SMILES string of the molecule is Cc1cc(Br)ccc1NC(=O)CSc1nnc(C)n1C. The molecular weight excluding hydrogens is 340 g/mol. The van der Waals surface area contributed by atoms with Gasteiger partial charge in [-0.05, 0) is 37.6 Å². The number of aryl methyl sites for hydroxylation is 2. The van der Waals surface area contributed by atoms with E-state index in [4.69, 9.17) is 0 Å². The molecule has 106 valence electrons. The first-order chi connectivity index (χ1) is 9.47. The number of aromatic nitrogens is 3. The number of rotatable bonds is 4. The maximum absolute atomic E-state index is 11.9. The summed E-state index contributed by atoms with van der Waals surface area (Å²) in [4.78, 5) is 11.9. The van der Waals surface area contributed by atoms with Crippen LogP contribution in [0.3, 0.4) is 0 Å². The summed E-state index contributed by atoms with van der Waals surface area (Å²) in [6.07, 6.45) is 0. The standard InChI is InChI=1S/C13H15BrN4OS/c1-8-6-10(14)4-5-11(8)15-12(19)7-20-13-17-16-9(2)18(13)3/h4-6H,7H2,1-3H3,(H,15,19). The molecule has 0 aliphatic rings. The zero-order valence-corrected chi connectivity index (χ0v) is 13.9. The predicted octanol–water partition coefficient (Wildman–Crippen LogP) is 2.93. The Morgan fingerprint density at radius 1 is 1.40 bits per heavy atom. The van der Waals surface area contributed by atoms with Gasteiger partial charge < -0.3 is 9.88 Å². The van der Waals surface area contributed by atoms with E-state index in [0.29, 0.717) is 5.75 Å². The van der Waals surface area contributed by atoms with Crippen molar-refractivity contribution in [3.05, 3.63) is 34.1 Å². The summed E-state index contributed by atoms with van der Waals surface area (Å²) in [6.45, 7) is 3.84. The van der Waals surface area contributed by atoms with Gasteiger partial charge in [0.15, 0.2) is 5.16 Å². The Morgan fingerprint density at radius 3 is 2.75 bits per heavy atom. The van der Waals surface area contributed by atoms with Crippen LogP contribution in [-0.2, 0) is 11.8 Å². The Hall–Kier alpha value is -1.34. The minimum absolute atomic E-state index is 0.0546. The maximum atomic E-state index is 11.9. The number of carbonyl (C=O) groups is 1. The molecule has 0 saturated carbocycles. The lowest BCUT2D eigenvalue weighted by Crippen LogP contribution is -2.15. The van der Waals surface area contributed by atoms with Crippen LogP contribution in [0.1, 0.15) is 11.4 Å². The highest BCUT2D eigenvalue weighted by Crippen LogP contribution is 2.21. The third kappa shape index (κ3) is 3.61. The summed E-state index contributed by atoms with van der Waals surface area (Å²) in [7, 11) is 1.88. The molecule has 1 N–H and O–H groups in total. The average Bonchev–Trinajstić information content (AvgIpc) is 2.71. The molecule has 0 unspecified atom stereocenters. The minimum atomic E-state index is -0.0546. The second-order valence-electron chi connectivity index (χ2n) is 4.38. The van der Waals surface area contributed by atoms with Gasteiger partial charge in [0.1, 0.15) is 5.82 Å². The summed E-state index contributed by atoms with van der Waals surface area (Å²) in [5.41, 5.74) is 1.85. The van der Waals surface area contributed by atoms with E-state index in [9.17, 15) is 4.79 Å². The topological polar surface area (TPSA) is 59.8 Å². The Bertz CT molecular complexity index is 641. The molecule has 1 aromatic carbocycles. The van der Waals surface area contributed by atoms with E-state index < -0.39 is 0 Å². The van der Waals surface area contributed by atoms with Gasteiger partial charge in [-0.1, -0.05) is 27.7 Å². The number of nitrogens with zero attached hydrogens (tertiary/aromatic N) is 3. The molecule has 0 bridgehead atoms. The fourth-order valence-electron chi connectivity index (χ4n) is 1.60. The molecule has 0 atom stereocenters. The Balaban J connectivity index is 1.94. The normalized spacial score (nSPS) is 10.6. The van der Waals surface area contributed by atoms with Gasteiger partial charge in [0.2, 0.25) is 5.91 Å². The smallest absolute Gasteiger partial charge is 0.234 e. The number of nitrogens with one attached hydrogen (secondary N) is 1. The third-order valence-corrected chi connectivity index (χ3v) is 4.36. The highest BCUT2D eigenvalue weighted by Gasteiger charge is 2.10. The molecule has 1 amide bonds. The molecule has 0 spiro atoms. The van der Waals surface area contributed by atoms with Gasteiger partial charge in [0.05, 0.1) is 5.75 Å². The zero-order chi connectivity index (χ0) is 14.7. The molecule has 20 heavy (non-hydrogen) atoms. The molecule has 2 aromatic rings. The summed E-state index contributed by atoms with van der Waals surface area (Å²) in [5, 5.41) is 11.6. The number of hydrogen-bond acceptors (Lipinski definition) is 4. The van der Waals surface area contributed by atoms with E-state index in [1.807, 2.05) is 43.7 Å². The highest BCUT2D eigenvalue weighted by atomic mass is 79.9. The van der Waals surface area contributed by atoms with E-state index in [1.165, 1.54) is 11.8 Å². The van der Waals surface area contributed by atoms with E-state index in [1.54, 1.807) is 0 Å². The molecule has 0 aliphatic heterocycles. The summed E-state index contributed by atoms with van der Waals surface area (Å²) >= 11 is 4.77. The van der Waals surface area contributed by atoms with Crippen LogP contribution in [0.15, 0.2) is 27.8 Å². The average molecular weight is 355 g/mol. The lowest BCUT2D eigenvalue weighted by atomic mass is 10.2. The van der Waals surface area contributed by atoms with E-state index >= 15 is 0 Å². The molecule has 2 rings (SSSR count). The maximum Gasteiger partial charge on any atom is 0.234 e. The minimum Gasteiger partial charge on any atom is -0.325 e. The van der Waals surface area contributed by atoms with Crippen molar-refractivity contribution in [2.45, 2.75) is 19.0 Å². The number of hydrogen-bond donors (Lipinski definition) is 1. The first-order valence-corrected chi connectivity index (χ1v) is 7.80. The molecule has 0 aliphatic carbocycles. The second kappa shape index (κ2) is 6.41. The molecule has 5 nitrogen and oxygen atoms in total. The fourth-order valence-corrected chi connectivity index (χ4v) is 2.83. The number of anilines is 1. The van der Waals surface area contributed by atoms with Crippen molar-refractivity contribution in [2.75, 3.05) is 11.1 Å². The Labute approximate surface area is 130 Å². The van der Waals surface area contributed by atoms with Crippen LogP contribution in [0, 0.1) is 13.8 Å². The first-order valence-electron chi connectivity index (χ1n) is 6.02. The molecule has 0 fully saturated rings. The van der Waals surface area contributed by atoms with Gasteiger partial charge in [-0.2, -0.15) is 0 Å². The first kappa shape index (κ1) is 15.1. The third-order valence-electron chi connectivity index (χ3n) is 2.85. The molecule has 0 radical (unpaired) electrons. The lowest BCUT2D eigenvalue weighted by Gasteiger charge is -2.08. The van der Waals surface area contributed by atoms with E-state index in [2.05, 4.69) is 31.4 Å². The second-order valence-corrected chi connectivity index (χ2v) is 6.24. The molecule has 1 heterocycles. The quantitative estimate of drug-likeness (QED) is 0.857. The highest BCUT2D eigenvalue weighted by molar-refractivity contribution is 9.10. The Kier molecular flexibility index (Phi) is 4.82. The van der Waals surface area contributed by atoms with E-state index in [-0.39, 0.29) is 5.91 Å². The van der Waals surface area contributed by atoms with Crippen LogP contribution in [0.25, 0.3) is 0 Å². The molecule has 0 saturated heterocycles. The Morgan fingerprint density at radius 2 is 2.15 bits per heavy atom. The molecular formula is C13H15BrN4OS. The largest absolute Gasteiger partial charge is 0.325 e. The zero-order valence-electron chi connectivity index (χ0n) is 11.5. The van der Waals surface area contributed by atoms with Crippen LogP contribution in [0.4, 0.5) is 5.69 Å². The number of benzene rings is 1. The number of halogens is 1. The molecule has 7 heteroatoms. The van der Waals surface area contributed by atoms with Crippen LogP contribution >= 0.6 is 27.7 Å². The summed E-state index contributed by atoms with van der Waals surface area (Å²) < 4.78 is 2.86. The van der Waals surface area contributed by atoms with Gasteiger partial charge in [0, 0.05) is 17.2 Å². The number of thioether (sulfide) groups is 1. The fraction of sp³-hybridized carbons (Fsp3) is 0.308. The van der Waals surface area contributed by atoms with Crippen molar-refractivity contribution in [2.24, 2.45) is 7.05 Å². The summed E-state index contributed by atoms with van der Waals surface area (Å²) in [5.74, 6) is 1.08. The van der Waals surface area contributed by atoms with Gasteiger partial charge >= 0.3 is 0 Å². The predicted molar refractivity (Wildman–Crippen MR) is 84.0 cm³/mol. The van der Waals surface area contributed by atoms with Crippen molar-refractivity contribution >= 4 is 39.3 Å². The lowest BCUT2D eigenvalue weighted by molar-refractivity contribution is -0.113. The van der Waals surface area contributed by atoms with Crippen LogP contribution in [0.5, 0.6) is 0 Å². The van der Waals surface area contributed by atoms with Crippen LogP contribution in [0.2, 0.25) is 0 Å². The van der Waals surface area contributed by atoms with E-state index in [0.717, 1.165) is 26.7 Å². The number of carbonyl (C=O) groups excluding carboxylic acids is 1. The van der Waals surface area contributed by atoms with Crippen LogP contribution < -0.4 is 5.32 Å². The van der Waals surface area contributed by atoms with Gasteiger partial charge in [-0.15, -0.1) is 10.2 Å². The van der Waals surface area contributed by atoms with Crippen molar-refractivity contribution < 1.29 is 4.79 Å². The molecule has 1 aromatic heterocycles. The van der Waals surface area contributed by atoms with Crippen molar-refractivity contribution in [1.82, 2.24) is 14.8 Å². The number of amides is 1. The van der Waals surface area contributed by atoms with Gasteiger partial charge in [0.25, 0.3) is 0 Å². The monoisotopic (exact) mass is 354 g/mol. The van der Waals surface area contributed by atoms with Gasteiger partial charge in [-0.3, -0.25) is 4.79 Å². The van der Waals surface area contributed by atoms with Crippen molar-refractivity contribution in [3.63, 3.8) is 0 Å². The van der Waals surface area contributed by atoms with Crippen molar-refractivity contribution in [3.8, 4) is 0 Å². The summed E-state index contributed by atoms with van der Waals surface area (Å²) in [6, 6.07) is 5.75. The van der Waals surface area contributed by atoms with Crippen molar-refractivity contribution in [1.29, 1.82) is 0 Å². The van der Waals surface area contributed by atoms with Crippen LogP contribution in [-0.4, -0.2) is 26.4 Å².